The van der Waals surface area contributed by atoms with Gasteiger partial charge in [0, 0.05) is 11.1 Å². The van der Waals surface area contributed by atoms with E-state index in [0.29, 0.717) is 4.31 Å². The highest BCUT2D eigenvalue weighted by atomic mass is 35.5. The summed E-state index contributed by atoms with van der Waals surface area (Å²) in [5.74, 6) is -0.974. The SMILES string of the molecule is NC(=O)CN(c1cc(Cl)ccc1Cl)S(=O)(=O)c1ccccc1[N+](=O)[O-]. The molecular formula is C14H11Cl2N3O5S. The van der Waals surface area contributed by atoms with Gasteiger partial charge in [0.25, 0.3) is 15.7 Å². The van der Waals surface area contributed by atoms with Crippen molar-refractivity contribution in [3.63, 3.8) is 0 Å². The van der Waals surface area contributed by atoms with Crippen LogP contribution >= 0.6 is 23.2 Å². The highest BCUT2D eigenvalue weighted by Crippen LogP contribution is 2.35. The largest absolute Gasteiger partial charge is 0.368 e. The number of hydrogen-bond acceptors (Lipinski definition) is 5. The molecular weight excluding hydrogens is 393 g/mol. The number of carbonyl (C=O) groups is 1. The summed E-state index contributed by atoms with van der Waals surface area (Å²) in [6, 6.07) is 8.72. The topological polar surface area (TPSA) is 124 Å². The smallest absolute Gasteiger partial charge is 0.289 e. The number of carbonyl (C=O) groups excluding carboxylic acids is 1. The first-order valence-electron chi connectivity index (χ1n) is 6.64. The number of nitrogens with two attached hydrogens (primary N) is 1. The molecule has 0 aromatic heterocycles. The third kappa shape index (κ3) is 4.01. The fourth-order valence-corrected chi connectivity index (χ4v) is 4.10. The lowest BCUT2D eigenvalue weighted by molar-refractivity contribution is -0.387. The van der Waals surface area contributed by atoms with Crippen LogP contribution in [0.1, 0.15) is 0 Å². The first-order chi connectivity index (χ1) is 11.6. The predicted octanol–water partition coefficient (Wildman–Crippen LogP) is 2.58. The molecule has 0 fully saturated rings. The van der Waals surface area contributed by atoms with Gasteiger partial charge in [-0.25, -0.2) is 8.42 Å². The van der Waals surface area contributed by atoms with Crippen molar-refractivity contribution in [2.75, 3.05) is 10.8 Å². The number of anilines is 1. The van der Waals surface area contributed by atoms with Crippen molar-refractivity contribution in [2.24, 2.45) is 5.73 Å². The minimum Gasteiger partial charge on any atom is -0.368 e. The van der Waals surface area contributed by atoms with Crippen LogP contribution in [0.4, 0.5) is 11.4 Å². The minimum atomic E-state index is -4.52. The van der Waals surface area contributed by atoms with E-state index in [0.717, 1.165) is 12.1 Å². The Bertz CT molecular complexity index is 949. The molecule has 1 amide bonds. The Morgan fingerprint density at radius 2 is 1.84 bits per heavy atom. The summed E-state index contributed by atoms with van der Waals surface area (Å²) in [4.78, 5) is 21.1. The van der Waals surface area contributed by atoms with Gasteiger partial charge in [0.15, 0.2) is 4.90 Å². The molecule has 0 heterocycles. The number of nitrogens with zero attached hydrogens (tertiary/aromatic N) is 2. The highest BCUT2D eigenvalue weighted by molar-refractivity contribution is 7.93. The van der Waals surface area contributed by atoms with Crippen molar-refractivity contribution in [2.45, 2.75) is 4.90 Å². The number of nitro groups is 1. The molecule has 0 unspecified atom stereocenters. The molecule has 8 nitrogen and oxygen atoms in total. The predicted molar refractivity (Wildman–Crippen MR) is 93.3 cm³/mol. The van der Waals surface area contributed by atoms with E-state index in [1.54, 1.807) is 0 Å². The minimum absolute atomic E-state index is 0.0205. The average Bonchev–Trinajstić information content (AvgIpc) is 2.54. The second kappa shape index (κ2) is 7.26. The van der Waals surface area contributed by atoms with Crippen LogP contribution in [0.25, 0.3) is 0 Å². The zero-order chi connectivity index (χ0) is 18.8. The maximum atomic E-state index is 13.0. The molecule has 0 saturated carbocycles. The second-order valence-electron chi connectivity index (χ2n) is 4.80. The molecule has 0 aliphatic rings. The Balaban J connectivity index is 2.72. The lowest BCUT2D eigenvalue weighted by Crippen LogP contribution is -2.39. The Labute approximate surface area is 152 Å². The molecule has 2 rings (SSSR count). The third-order valence-corrected chi connectivity index (χ3v) is 5.47. The van der Waals surface area contributed by atoms with E-state index in [-0.39, 0.29) is 15.7 Å². The van der Waals surface area contributed by atoms with Crippen LogP contribution in [0.2, 0.25) is 10.0 Å². The van der Waals surface area contributed by atoms with Crippen LogP contribution in [0, 0.1) is 10.1 Å². The van der Waals surface area contributed by atoms with E-state index in [4.69, 9.17) is 28.9 Å². The Hall–Kier alpha value is -2.36. The van der Waals surface area contributed by atoms with Gasteiger partial charge in [-0.05, 0) is 24.3 Å². The number of benzene rings is 2. The standard InChI is InChI=1S/C14H11Cl2N3O5S/c15-9-5-6-10(16)12(7-9)18(8-14(17)20)25(23,24)13-4-2-1-3-11(13)19(21)22/h1-7H,8H2,(H2,17,20). The maximum absolute atomic E-state index is 13.0. The molecule has 11 heteroatoms. The van der Waals surface area contributed by atoms with Gasteiger partial charge in [0.05, 0.1) is 15.6 Å². The number of halogens is 2. The zero-order valence-electron chi connectivity index (χ0n) is 12.4. The van der Waals surface area contributed by atoms with Gasteiger partial charge in [0.1, 0.15) is 6.54 Å². The van der Waals surface area contributed by atoms with Crippen molar-refractivity contribution < 1.29 is 18.1 Å². The average molecular weight is 404 g/mol. The number of nitro benzene ring substituents is 1. The van der Waals surface area contributed by atoms with Crippen molar-refractivity contribution in [3.05, 3.63) is 62.6 Å². The van der Waals surface area contributed by atoms with E-state index in [1.165, 1.54) is 30.3 Å². The summed E-state index contributed by atoms with van der Waals surface area (Å²) in [5.41, 5.74) is 4.37. The lowest BCUT2D eigenvalue weighted by atomic mass is 10.3. The molecule has 2 aromatic rings. The first kappa shape index (κ1) is 19.0. The van der Waals surface area contributed by atoms with Crippen LogP contribution in [-0.4, -0.2) is 25.8 Å². The normalized spacial score (nSPS) is 11.1. The Morgan fingerprint density at radius 3 is 2.44 bits per heavy atom. The summed E-state index contributed by atoms with van der Waals surface area (Å²) in [6.45, 7) is -0.769. The molecule has 2 aromatic carbocycles. The Morgan fingerprint density at radius 1 is 1.20 bits per heavy atom. The van der Waals surface area contributed by atoms with E-state index >= 15 is 0 Å². The molecule has 0 radical (unpaired) electrons. The van der Waals surface area contributed by atoms with Crippen LogP contribution in [0.15, 0.2) is 47.4 Å². The number of primary amides is 1. The third-order valence-electron chi connectivity index (χ3n) is 3.11. The number of sulfonamides is 1. The van der Waals surface area contributed by atoms with Gasteiger partial charge in [-0.2, -0.15) is 0 Å². The summed E-state index contributed by atoms with van der Waals surface area (Å²) in [5, 5.41) is 11.3. The van der Waals surface area contributed by atoms with E-state index < -0.39 is 38.0 Å². The van der Waals surface area contributed by atoms with Crippen molar-refractivity contribution in [3.8, 4) is 0 Å². The molecule has 0 aliphatic heterocycles. The molecule has 0 bridgehead atoms. The van der Waals surface area contributed by atoms with Crippen molar-refractivity contribution >= 4 is 50.5 Å². The number of amides is 1. The number of para-hydroxylation sites is 1. The van der Waals surface area contributed by atoms with Crippen LogP contribution in [-0.2, 0) is 14.8 Å². The number of rotatable bonds is 6. The molecule has 0 spiro atoms. The van der Waals surface area contributed by atoms with Crippen molar-refractivity contribution in [1.82, 2.24) is 0 Å². The second-order valence-corrected chi connectivity index (χ2v) is 7.47. The van der Waals surface area contributed by atoms with Gasteiger partial charge < -0.3 is 5.73 Å². The van der Waals surface area contributed by atoms with Crippen LogP contribution < -0.4 is 10.0 Å². The molecule has 0 atom stereocenters. The Kier molecular flexibility index (Phi) is 5.51. The monoisotopic (exact) mass is 403 g/mol. The van der Waals surface area contributed by atoms with Gasteiger partial charge >= 0.3 is 0 Å². The maximum Gasteiger partial charge on any atom is 0.289 e. The summed E-state index contributed by atoms with van der Waals surface area (Å²) in [7, 11) is -4.52. The van der Waals surface area contributed by atoms with Gasteiger partial charge in [-0.3, -0.25) is 19.2 Å². The first-order valence-corrected chi connectivity index (χ1v) is 8.83. The molecule has 2 N–H and O–H groups in total. The highest BCUT2D eigenvalue weighted by Gasteiger charge is 2.33. The van der Waals surface area contributed by atoms with Crippen molar-refractivity contribution in [1.29, 1.82) is 0 Å². The quantitative estimate of drug-likeness (QED) is 0.586. The van der Waals surface area contributed by atoms with Gasteiger partial charge in [-0.15, -0.1) is 0 Å². The zero-order valence-corrected chi connectivity index (χ0v) is 14.8. The molecule has 0 saturated heterocycles. The van der Waals surface area contributed by atoms with Gasteiger partial charge in [0.2, 0.25) is 5.91 Å². The fourth-order valence-electron chi connectivity index (χ4n) is 2.06. The summed E-state index contributed by atoms with van der Waals surface area (Å²) < 4.78 is 26.5. The van der Waals surface area contributed by atoms with Crippen LogP contribution in [0.3, 0.4) is 0 Å². The molecule has 132 valence electrons. The number of hydrogen-bond donors (Lipinski definition) is 1. The fraction of sp³-hybridized carbons (Fsp3) is 0.0714. The van der Waals surface area contributed by atoms with E-state index in [9.17, 15) is 23.3 Å². The van der Waals surface area contributed by atoms with E-state index in [2.05, 4.69) is 0 Å². The van der Waals surface area contributed by atoms with E-state index in [1.807, 2.05) is 0 Å². The summed E-state index contributed by atoms with van der Waals surface area (Å²) in [6.07, 6.45) is 0. The van der Waals surface area contributed by atoms with Crippen LogP contribution in [0.5, 0.6) is 0 Å². The molecule has 25 heavy (non-hydrogen) atoms. The summed E-state index contributed by atoms with van der Waals surface area (Å²) >= 11 is 11.9. The lowest BCUT2D eigenvalue weighted by Gasteiger charge is -2.24. The molecule has 0 aliphatic carbocycles. The van der Waals surface area contributed by atoms with Gasteiger partial charge in [-0.1, -0.05) is 35.3 Å².